The molecule has 100 valence electrons. The number of rotatable bonds is 7. The Kier molecular flexibility index (Phi) is 5.58. The van der Waals surface area contributed by atoms with Crippen molar-refractivity contribution in [3.8, 4) is 0 Å². The number of unbranched alkanes of at least 4 members (excludes halogenated alkanes) is 1. The van der Waals surface area contributed by atoms with E-state index in [0.717, 1.165) is 24.9 Å². The van der Waals surface area contributed by atoms with Crippen LogP contribution in [0.5, 0.6) is 0 Å². The van der Waals surface area contributed by atoms with E-state index >= 15 is 0 Å². The summed E-state index contributed by atoms with van der Waals surface area (Å²) in [7, 11) is 0. The molecule has 0 aromatic heterocycles. The van der Waals surface area contributed by atoms with Crippen LogP contribution in [0.15, 0.2) is 18.2 Å². The van der Waals surface area contributed by atoms with Crippen molar-refractivity contribution in [2.24, 2.45) is 0 Å². The number of anilines is 1. The maximum absolute atomic E-state index is 11.1. The average Bonchev–Trinajstić information content (AvgIpc) is 2.34. The summed E-state index contributed by atoms with van der Waals surface area (Å²) in [5, 5.41) is 20.1. The number of benzene rings is 1. The van der Waals surface area contributed by atoms with E-state index in [-0.39, 0.29) is 17.2 Å². The number of aliphatic hydroxyl groups excluding tert-OH is 1. The van der Waals surface area contributed by atoms with Gasteiger partial charge < -0.3 is 10.0 Å². The molecule has 0 amide bonds. The molecule has 1 aromatic carbocycles. The summed E-state index contributed by atoms with van der Waals surface area (Å²) in [5.41, 5.74) is 1.57. The van der Waals surface area contributed by atoms with Gasteiger partial charge in [-0.2, -0.15) is 0 Å². The third-order valence-electron chi connectivity index (χ3n) is 2.82. The molecule has 1 aromatic rings. The summed E-state index contributed by atoms with van der Waals surface area (Å²) in [6.45, 7) is 5.04. The summed E-state index contributed by atoms with van der Waals surface area (Å²) in [5.74, 6) is 0. The maximum atomic E-state index is 11.1. The zero-order chi connectivity index (χ0) is 13.5. The fourth-order valence-corrected chi connectivity index (χ4v) is 1.87. The normalized spacial score (nSPS) is 10.4. The lowest BCUT2D eigenvalue weighted by atomic mass is 10.1. The van der Waals surface area contributed by atoms with E-state index in [4.69, 9.17) is 5.11 Å². The number of nitro benzene ring substituents is 1. The average molecular weight is 252 g/mol. The van der Waals surface area contributed by atoms with Crippen LogP contribution >= 0.6 is 0 Å². The molecule has 0 heterocycles. The van der Waals surface area contributed by atoms with Gasteiger partial charge in [-0.1, -0.05) is 19.4 Å². The fourth-order valence-electron chi connectivity index (χ4n) is 1.87. The van der Waals surface area contributed by atoms with Gasteiger partial charge in [-0.05, 0) is 25.0 Å². The Bertz CT molecular complexity index is 407. The van der Waals surface area contributed by atoms with Crippen molar-refractivity contribution in [3.63, 3.8) is 0 Å². The third kappa shape index (κ3) is 3.70. The fraction of sp³-hybridized carbons (Fsp3) is 0.538. The van der Waals surface area contributed by atoms with E-state index in [2.05, 4.69) is 6.92 Å². The van der Waals surface area contributed by atoms with E-state index in [1.807, 2.05) is 17.9 Å². The molecule has 0 aliphatic heterocycles. The number of aryl methyl sites for hydroxylation is 1. The molecule has 18 heavy (non-hydrogen) atoms. The van der Waals surface area contributed by atoms with Crippen LogP contribution in [0.2, 0.25) is 0 Å². The van der Waals surface area contributed by atoms with Gasteiger partial charge in [0, 0.05) is 19.2 Å². The molecule has 0 fully saturated rings. The first-order chi connectivity index (χ1) is 8.60. The number of aliphatic hydroxyl groups is 1. The van der Waals surface area contributed by atoms with E-state index < -0.39 is 0 Å². The molecule has 1 rings (SSSR count). The van der Waals surface area contributed by atoms with E-state index in [9.17, 15) is 10.1 Å². The SMILES string of the molecule is CCCCN(CCO)c1ccc(C)cc1[N+](=O)[O-]. The zero-order valence-electron chi connectivity index (χ0n) is 10.9. The Morgan fingerprint density at radius 1 is 1.39 bits per heavy atom. The topological polar surface area (TPSA) is 66.6 Å². The van der Waals surface area contributed by atoms with Crippen LogP contribution in [-0.4, -0.2) is 29.7 Å². The van der Waals surface area contributed by atoms with Gasteiger partial charge in [-0.15, -0.1) is 0 Å². The molecular weight excluding hydrogens is 232 g/mol. The van der Waals surface area contributed by atoms with Gasteiger partial charge in [0.2, 0.25) is 0 Å². The number of nitrogens with zero attached hydrogens (tertiary/aromatic N) is 2. The molecule has 1 N–H and O–H groups in total. The van der Waals surface area contributed by atoms with Crippen molar-refractivity contribution in [3.05, 3.63) is 33.9 Å². The first-order valence-corrected chi connectivity index (χ1v) is 6.21. The third-order valence-corrected chi connectivity index (χ3v) is 2.82. The smallest absolute Gasteiger partial charge is 0.292 e. The minimum absolute atomic E-state index is 0.00521. The summed E-state index contributed by atoms with van der Waals surface area (Å²) in [6.07, 6.45) is 1.96. The largest absolute Gasteiger partial charge is 0.395 e. The van der Waals surface area contributed by atoms with Gasteiger partial charge in [0.15, 0.2) is 0 Å². The van der Waals surface area contributed by atoms with Crippen LogP contribution in [0.1, 0.15) is 25.3 Å². The molecule has 0 bridgehead atoms. The Morgan fingerprint density at radius 3 is 2.67 bits per heavy atom. The van der Waals surface area contributed by atoms with Crippen molar-refractivity contribution in [1.29, 1.82) is 0 Å². The number of hydrogen-bond donors (Lipinski definition) is 1. The van der Waals surface area contributed by atoms with Crippen LogP contribution in [0, 0.1) is 17.0 Å². The molecule has 0 unspecified atom stereocenters. The molecule has 0 atom stereocenters. The molecule has 0 spiro atoms. The lowest BCUT2D eigenvalue weighted by Crippen LogP contribution is -2.28. The molecule has 0 aliphatic carbocycles. The van der Waals surface area contributed by atoms with Gasteiger partial charge in [-0.3, -0.25) is 10.1 Å². The Labute approximate surface area is 107 Å². The highest BCUT2D eigenvalue weighted by Gasteiger charge is 2.18. The van der Waals surface area contributed by atoms with Crippen molar-refractivity contribution >= 4 is 11.4 Å². The van der Waals surface area contributed by atoms with E-state index in [1.54, 1.807) is 12.1 Å². The molecule has 0 saturated heterocycles. The second-order valence-electron chi connectivity index (χ2n) is 4.31. The highest BCUT2D eigenvalue weighted by atomic mass is 16.6. The van der Waals surface area contributed by atoms with E-state index in [0.29, 0.717) is 12.2 Å². The number of hydrogen-bond acceptors (Lipinski definition) is 4. The quantitative estimate of drug-likeness (QED) is 0.598. The molecule has 5 heteroatoms. The predicted molar refractivity (Wildman–Crippen MR) is 72.0 cm³/mol. The lowest BCUT2D eigenvalue weighted by molar-refractivity contribution is -0.384. The van der Waals surface area contributed by atoms with Crippen LogP contribution in [0.25, 0.3) is 0 Å². The summed E-state index contributed by atoms with van der Waals surface area (Å²) < 4.78 is 0. The van der Waals surface area contributed by atoms with Gasteiger partial charge in [0.05, 0.1) is 11.5 Å². The maximum Gasteiger partial charge on any atom is 0.292 e. The molecular formula is C13H20N2O3. The molecule has 5 nitrogen and oxygen atoms in total. The molecule has 0 aliphatic rings. The molecule has 0 saturated carbocycles. The second kappa shape index (κ2) is 6.96. The number of nitro groups is 1. The zero-order valence-corrected chi connectivity index (χ0v) is 10.9. The molecule has 0 radical (unpaired) electrons. The first kappa shape index (κ1) is 14.4. The van der Waals surface area contributed by atoms with Crippen LogP contribution in [0.3, 0.4) is 0 Å². The van der Waals surface area contributed by atoms with Gasteiger partial charge in [-0.25, -0.2) is 0 Å². The second-order valence-corrected chi connectivity index (χ2v) is 4.31. The minimum atomic E-state index is -0.362. The Hall–Kier alpha value is -1.62. The summed E-state index contributed by atoms with van der Waals surface area (Å²) in [4.78, 5) is 12.6. The van der Waals surface area contributed by atoms with Gasteiger partial charge in [0.25, 0.3) is 5.69 Å². The van der Waals surface area contributed by atoms with Crippen molar-refractivity contribution in [2.75, 3.05) is 24.6 Å². The Morgan fingerprint density at radius 2 is 2.11 bits per heavy atom. The summed E-state index contributed by atoms with van der Waals surface area (Å²) in [6, 6.07) is 5.20. The van der Waals surface area contributed by atoms with Crippen LogP contribution < -0.4 is 4.90 Å². The summed E-state index contributed by atoms with van der Waals surface area (Å²) >= 11 is 0. The minimum Gasteiger partial charge on any atom is -0.395 e. The van der Waals surface area contributed by atoms with E-state index in [1.165, 1.54) is 0 Å². The van der Waals surface area contributed by atoms with Crippen molar-refractivity contribution < 1.29 is 10.0 Å². The van der Waals surface area contributed by atoms with Crippen molar-refractivity contribution in [1.82, 2.24) is 0 Å². The predicted octanol–water partition coefficient (Wildman–Crippen LogP) is 2.50. The highest BCUT2D eigenvalue weighted by Crippen LogP contribution is 2.29. The lowest BCUT2D eigenvalue weighted by Gasteiger charge is -2.23. The van der Waals surface area contributed by atoms with Crippen LogP contribution in [0.4, 0.5) is 11.4 Å². The first-order valence-electron chi connectivity index (χ1n) is 6.21. The monoisotopic (exact) mass is 252 g/mol. The van der Waals surface area contributed by atoms with Gasteiger partial charge >= 0.3 is 0 Å². The standard InChI is InChI=1S/C13H20N2O3/c1-3-4-7-14(8-9-16)12-6-5-11(2)10-13(12)15(17)18/h5-6,10,16H,3-4,7-9H2,1-2H3. The highest BCUT2D eigenvalue weighted by molar-refractivity contribution is 5.64. The van der Waals surface area contributed by atoms with Crippen LogP contribution in [-0.2, 0) is 0 Å². The van der Waals surface area contributed by atoms with Crippen molar-refractivity contribution in [2.45, 2.75) is 26.7 Å². The van der Waals surface area contributed by atoms with Gasteiger partial charge in [0.1, 0.15) is 5.69 Å². The Balaban J connectivity index is 3.05.